The van der Waals surface area contributed by atoms with Crippen LogP contribution in [0.3, 0.4) is 0 Å². The minimum atomic E-state index is -3.29. The van der Waals surface area contributed by atoms with Gasteiger partial charge in [-0.1, -0.05) is 29.3 Å². The van der Waals surface area contributed by atoms with Gasteiger partial charge in [-0.25, -0.2) is 8.42 Å². The first-order valence-electron chi connectivity index (χ1n) is 11.2. The Morgan fingerprint density at radius 3 is 2.61 bits per heavy atom. The number of pyridine rings is 1. The minimum Gasteiger partial charge on any atom is -0.331 e. The molecule has 1 amide bonds. The van der Waals surface area contributed by atoms with Crippen LogP contribution in [-0.4, -0.2) is 52.9 Å². The molecule has 0 radical (unpaired) electrons. The molecule has 1 aromatic carbocycles. The van der Waals surface area contributed by atoms with Crippen LogP contribution in [-0.2, 0) is 23.1 Å². The summed E-state index contributed by atoms with van der Waals surface area (Å²) in [5.74, 6) is -0.163. The molecule has 1 unspecified atom stereocenters. The maximum Gasteiger partial charge on any atom is 0.256 e. The number of hydrogen-bond donors (Lipinski definition) is 1. The summed E-state index contributed by atoms with van der Waals surface area (Å²) in [6.07, 6.45) is 3.03. The van der Waals surface area contributed by atoms with E-state index in [1.54, 1.807) is 27.4 Å². The van der Waals surface area contributed by atoms with Crippen LogP contribution in [0.25, 0.3) is 11.1 Å². The van der Waals surface area contributed by atoms with E-state index in [-0.39, 0.29) is 23.7 Å². The molecule has 1 aliphatic carbocycles. The van der Waals surface area contributed by atoms with Crippen molar-refractivity contribution in [1.29, 1.82) is 0 Å². The predicted molar refractivity (Wildman–Crippen MR) is 129 cm³/mol. The Labute approximate surface area is 203 Å². The van der Waals surface area contributed by atoms with Crippen LogP contribution < -0.4 is 5.73 Å². The molecule has 1 saturated carbocycles. The van der Waals surface area contributed by atoms with Gasteiger partial charge < -0.3 is 10.6 Å². The van der Waals surface area contributed by atoms with Crippen molar-refractivity contribution in [3.63, 3.8) is 0 Å². The van der Waals surface area contributed by atoms with E-state index in [2.05, 4.69) is 0 Å². The van der Waals surface area contributed by atoms with Crippen molar-refractivity contribution in [3.05, 3.63) is 50.8 Å². The molecule has 2 fully saturated rings. The zero-order valence-electron chi connectivity index (χ0n) is 18.4. The van der Waals surface area contributed by atoms with Crippen molar-refractivity contribution in [1.82, 2.24) is 14.2 Å². The summed E-state index contributed by atoms with van der Waals surface area (Å²) >= 11 is 12.6. The molecule has 7 nitrogen and oxygen atoms in total. The van der Waals surface area contributed by atoms with E-state index < -0.39 is 10.0 Å². The van der Waals surface area contributed by atoms with E-state index in [9.17, 15) is 13.2 Å². The highest BCUT2D eigenvalue weighted by molar-refractivity contribution is 7.90. The number of sulfonamides is 1. The van der Waals surface area contributed by atoms with Crippen molar-refractivity contribution >= 4 is 39.1 Å². The van der Waals surface area contributed by atoms with Gasteiger partial charge >= 0.3 is 0 Å². The molecular formula is C23H26Cl2N4O3S. The summed E-state index contributed by atoms with van der Waals surface area (Å²) in [6, 6.07) is 4.99. The molecule has 5 rings (SSSR count). The number of rotatable bonds is 6. The van der Waals surface area contributed by atoms with E-state index in [1.807, 2.05) is 6.92 Å². The third kappa shape index (κ3) is 3.96. The van der Waals surface area contributed by atoms with Gasteiger partial charge in [0.15, 0.2) is 0 Å². The highest BCUT2D eigenvalue weighted by Gasteiger charge is 2.46. The molecule has 3 aliphatic rings. The summed E-state index contributed by atoms with van der Waals surface area (Å²) in [6.45, 7) is 3.31. The summed E-state index contributed by atoms with van der Waals surface area (Å²) in [7, 11) is -3.29. The fourth-order valence-corrected chi connectivity index (χ4v) is 7.67. The fraction of sp³-hybridized carbons (Fsp3) is 0.478. The lowest BCUT2D eigenvalue weighted by molar-refractivity contribution is 0.0751. The SMILES string of the molecule is Cc1nc2c(c(-c3ccc(Cl)cc3Cl)c1CN)C(=O)N(CC1CCCN1S(=O)(=O)C1CC1)C2. The van der Waals surface area contributed by atoms with Gasteiger partial charge in [-0.05, 0) is 50.3 Å². The first kappa shape index (κ1) is 23.1. The maximum absolute atomic E-state index is 13.6. The van der Waals surface area contributed by atoms with Gasteiger partial charge in [-0.3, -0.25) is 9.78 Å². The topological polar surface area (TPSA) is 96.6 Å². The van der Waals surface area contributed by atoms with Crippen molar-refractivity contribution in [2.45, 2.75) is 57.0 Å². The number of hydrogen-bond acceptors (Lipinski definition) is 5. The highest BCUT2D eigenvalue weighted by Crippen LogP contribution is 2.41. The molecule has 3 heterocycles. The lowest BCUT2D eigenvalue weighted by Crippen LogP contribution is -2.44. The molecule has 10 heteroatoms. The quantitative estimate of drug-likeness (QED) is 0.640. The number of aromatic nitrogens is 1. The maximum atomic E-state index is 13.6. The van der Waals surface area contributed by atoms with Crippen LogP contribution in [0.4, 0.5) is 0 Å². The van der Waals surface area contributed by atoms with Crippen molar-refractivity contribution in [2.75, 3.05) is 13.1 Å². The van der Waals surface area contributed by atoms with Gasteiger partial charge in [0.2, 0.25) is 10.0 Å². The number of nitrogens with two attached hydrogens (primary N) is 1. The molecular weight excluding hydrogens is 483 g/mol. The Balaban J connectivity index is 1.51. The number of amides is 1. The third-order valence-corrected chi connectivity index (χ3v) is 9.85. The van der Waals surface area contributed by atoms with Gasteiger partial charge in [0, 0.05) is 52.5 Å². The van der Waals surface area contributed by atoms with Gasteiger partial charge in [0.1, 0.15) is 0 Å². The second-order valence-corrected chi connectivity index (χ2v) is 12.0. The Kier molecular flexibility index (Phi) is 5.94. The Hall–Kier alpha value is -1.71. The summed E-state index contributed by atoms with van der Waals surface area (Å²) in [5, 5.41) is 0.694. The molecule has 33 heavy (non-hydrogen) atoms. The van der Waals surface area contributed by atoms with Crippen LogP contribution in [0.2, 0.25) is 10.0 Å². The van der Waals surface area contributed by atoms with Gasteiger partial charge in [-0.2, -0.15) is 4.31 Å². The summed E-state index contributed by atoms with van der Waals surface area (Å²) in [5.41, 5.74) is 10.2. The number of benzene rings is 1. The Morgan fingerprint density at radius 1 is 1.18 bits per heavy atom. The van der Waals surface area contributed by atoms with Gasteiger partial charge in [0.05, 0.1) is 23.1 Å². The zero-order chi connectivity index (χ0) is 23.5. The van der Waals surface area contributed by atoms with Gasteiger partial charge in [0.25, 0.3) is 5.91 Å². The predicted octanol–water partition coefficient (Wildman–Crippen LogP) is 3.73. The monoisotopic (exact) mass is 508 g/mol. The van der Waals surface area contributed by atoms with E-state index >= 15 is 0 Å². The smallest absolute Gasteiger partial charge is 0.256 e. The van der Waals surface area contributed by atoms with Crippen LogP contribution in [0, 0.1) is 6.92 Å². The van der Waals surface area contributed by atoms with Crippen molar-refractivity contribution < 1.29 is 13.2 Å². The standard InChI is InChI=1S/C23H26Cl2N4O3S/c1-13-18(10-26)21(17-7-4-14(24)9-19(17)25)22-20(27-13)12-28(23(22)30)11-15-3-2-8-29(15)33(31,32)16-5-6-16/h4,7,9,15-16H,2-3,5-6,8,10-12,26H2,1H3. The minimum absolute atomic E-state index is 0.163. The number of carbonyl (C=O) groups is 1. The molecule has 2 aliphatic heterocycles. The zero-order valence-corrected chi connectivity index (χ0v) is 20.7. The second-order valence-electron chi connectivity index (χ2n) is 9.04. The number of carbonyl (C=O) groups excluding carboxylic acids is 1. The second kappa shape index (κ2) is 8.50. The van der Waals surface area contributed by atoms with E-state index in [0.717, 1.165) is 36.9 Å². The van der Waals surface area contributed by atoms with E-state index in [4.69, 9.17) is 33.9 Å². The molecule has 2 aromatic rings. The molecule has 1 aromatic heterocycles. The summed E-state index contributed by atoms with van der Waals surface area (Å²) in [4.78, 5) is 20.1. The first-order chi connectivity index (χ1) is 15.7. The molecule has 2 N–H and O–H groups in total. The lowest BCUT2D eigenvalue weighted by Gasteiger charge is -2.28. The van der Waals surface area contributed by atoms with E-state index in [0.29, 0.717) is 52.1 Å². The van der Waals surface area contributed by atoms with E-state index in [1.165, 1.54) is 0 Å². The molecule has 0 spiro atoms. The Bertz CT molecular complexity index is 1250. The normalized spacial score (nSPS) is 21.2. The third-order valence-electron chi connectivity index (χ3n) is 6.85. The molecule has 0 bridgehead atoms. The molecule has 1 atom stereocenters. The van der Waals surface area contributed by atoms with Crippen LogP contribution in [0.1, 0.15) is 53.0 Å². The average molecular weight is 509 g/mol. The first-order valence-corrected chi connectivity index (χ1v) is 13.5. The van der Waals surface area contributed by atoms with Crippen LogP contribution in [0.5, 0.6) is 0 Å². The number of aryl methyl sites for hydroxylation is 1. The van der Waals surface area contributed by atoms with Gasteiger partial charge in [-0.15, -0.1) is 0 Å². The largest absolute Gasteiger partial charge is 0.331 e. The van der Waals surface area contributed by atoms with Crippen LogP contribution >= 0.6 is 23.2 Å². The van der Waals surface area contributed by atoms with Crippen molar-refractivity contribution in [3.8, 4) is 11.1 Å². The summed E-state index contributed by atoms with van der Waals surface area (Å²) < 4.78 is 27.4. The molecule has 176 valence electrons. The number of halogens is 2. The average Bonchev–Trinajstić information content (AvgIpc) is 3.45. The Morgan fingerprint density at radius 2 is 1.94 bits per heavy atom. The molecule has 1 saturated heterocycles. The van der Waals surface area contributed by atoms with Crippen molar-refractivity contribution in [2.24, 2.45) is 5.73 Å². The number of nitrogens with zero attached hydrogens (tertiary/aromatic N) is 3. The van der Waals surface area contributed by atoms with Crippen LogP contribution in [0.15, 0.2) is 18.2 Å². The number of fused-ring (bicyclic) bond motifs is 1. The fourth-order valence-electron chi connectivity index (χ4n) is 5.08. The lowest BCUT2D eigenvalue weighted by atomic mass is 9.93. The highest BCUT2D eigenvalue weighted by atomic mass is 35.5.